The van der Waals surface area contributed by atoms with Gasteiger partial charge in [-0.1, -0.05) is 12.1 Å². The number of aryl methyl sites for hydroxylation is 2. The molecule has 0 saturated heterocycles. The molecule has 2 atom stereocenters. The molecular weight excluding hydrogens is 181 g/mol. The summed E-state index contributed by atoms with van der Waals surface area (Å²) in [7, 11) is 0. The first-order chi connectivity index (χ1) is 6.43. The normalized spacial score (nSPS) is 15.3. The van der Waals surface area contributed by atoms with E-state index >= 15 is 0 Å². The van der Waals surface area contributed by atoms with Gasteiger partial charge < -0.3 is 10.8 Å². The van der Waals surface area contributed by atoms with Gasteiger partial charge >= 0.3 is 0 Å². The van der Waals surface area contributed by atoms with Crippen LogP contribution < -0.4 is 5.73 Å². The fraction of sp³-hybridized carbons (Fsp3) is 0.455. The number of halogens is 1. The number of benzene rings is 1. The molecule has 14 heavy (non-hydrogen) atoms. The van der Waals surface area contributed by atoms with Crippen molar-refractivity contribution in [3.63, 3.8) is 0 Å². The Morgan fingerprint density at radius 1 is 1.29 bits per heavy atom. The highest BCUT2D eigenvalue weighted by atomic mass is 19.1. The van der Waals surface area contributed by atoms with Crippen LogP contribution in [0.2, 0.25) is 0 Å². The summed E-state index contributed by atoms with van der Waals surface area (Å²) >= 11 is 0. The Balaban J connectivity index is 3.12. The third kappa shape index (κ3) is 2.11. The molecule has 0 unspecified atom stereocenters. The summed E-state index contributed by atoms with van der Waals surface area (Å²) in [6, 6.07) is 2.92. The van der Waals surface area contributed by atoms with Gasteiger partial charge in [-0.15, -0.1) is 0 Å². The van der Waals surface area contributed by atoms with E-state index in [1.807, 2.05) is 0 Å². The second kappa shape index (κ2) is 4.07. The van der Waals surface area contributed by atoms with Gasteiger partial charge in [-0.2, -0.15) is 0 Å². The van der Waals surface area contributed by atoms with E-state index in [-0.39, 0.29) is 11.9 Å². The average Bonchev–Trinajstić information content (AvgIpc) is 2.12. The zero-order valence-electron chi connectivity index (χ0n) is 8.71. The van der Waals surface area contributed by atoms with E-state index in [2.05, 4.69) is 0 Å². The van der Waals surface area contributed by atoms with Gasteiger partial charge in [0.1, 0.15) is 5.82 Å². The van der Waals surface area contributed by atoms with Crippen molar-refractivity contribution in [2.24, 2.45) is 5.73 Å². The number of aliphatic hydroxyl groups is 1. The van der Waals surface area contributed by atoms with Crippen molar-refractivity contribution in [2.45, 2.75) is 32.9 Å². The molecule has 0 aliphatic rings. The van der Waals surface area contributed by atoms with Crippen molar-refractivity contribution in [1.29, 1.82) is 0 Å². The lowest BCUT2D eigenvalue weighted by atomic mass is 9.99. The van der Waals surface area contributed by atoms with Gasteiger partial charge in [0.25, 0.3) is 0 Å². The minimum atomic E-state index is -0.729. The topological polar surface area (TPSA) is 46.2 Å². The van der Waals surface area contributed by atoms with Gasteiger partial charge in [-0.3, -0.25) is 0 Å². The molecule has 0 spiro atoms. The third-order valence-electron chi connectivity index (χ3n) is 2.30. The molecule has 0 heterocycles. The molecular formula is C11H16FNO. The first-order valence-corrected chi connectivity index (χ1v) is 4.63. The highest BCUT2D eigenvalue weighted by molar-refractivity contribution is 5.32. The Bertz CT molecular complexity index is 313. The Morgan fingerprint density at radius 3 is 2.07 bits per heavy atom. The zero-order chi connectivity index (χ0) is 10.9. The van der Waals surface area contributed by atoms with Crippen molar-refractivity contribution in [3.05, 3.63) is 34.6 Å². The predicted molar refractivity (Wildman–Crippen MR) is 54.5 cm³/mol. The minimum Gasteiger partial charge on any atom is -0.387 e. The fourth-order valence-corrected chi connectivity index (χ4v) is 1.45. The molecule has 0 aliphatic carbocycles. The standard InChI is InChI=1S/C11H16FNO/c1-6-4-9(11(14)8(3)13)5-7(2)10(6)12/h4-5,8,11,14H,13H2,1-3H3/t8-,11-/m1/s1. The highest BCUT2D eigenvalue weighted by Gasteiger charge is 2.14. The lowest BCUT2D eigenvalue weighted by Crippen LogP contribution is -2.24. The lowest BCUT2D eigenvalue weighted by Gasteiger charge is -2.16. The first kappa shape index (κ1) is 11.1. The molecule has 0 fully saturated rings. The number of nitrogens with two attached hydrogens (primary N) is 1. The Morgan fingerprint density at radius 2 is 1.71 bits per heavy atom. The smallest absolute Gasteiger partial charge is 0.129 e. The molecule has 0 radical (unpaired) electrons. The molecule has 0 amide bonds. The maximum atomic E-state index is 13.3. The molecule has 1 aromatic carbocycles. The van der Waals surface area contributed by atoms with E-state index in [0.717, 1.165) is 0 Å². The summed E-state index contributed by atoms with van der Waals surface area (Å²) < 4.78 is 13.3. The summed E-state index contributed by atoms with van der Waals surface area (Å²) in [4.78, 5) is 0. The summed E-state index contributed by atoms with van der Waals surface area (Å²) in [5, 5.41) is 9.69. The molecule has 0 aliphatic heterocycles. The minimum absolute atomic E-state index is 0.217. The molecule has 0 bridgehead atoms. The van der Waals surface area contributed by atoms with Crippen molar-refractivity contribution >= 4 is 0 Å². The molecule has 2 nitrogen and oxygen atoms in total. The van der Waals surface area contributed by atoms with Crippen LogP contribution >= 0.6 is 0 Å². The van der Waals surface area contributed by atoms with Crippen LogP contribution in [0.1, 0.15) is 29.7 Å². The van der Waals surface area contributed by atoms with E-state index in [1.54, 1.807) is 32.9 Å². The Kier molecular flexibility index (Phi) is 3.24. The van der Waals surface area contributed by atoms with Crippen LogP contribution in [-0.2, 0) is 0 Å². The lowest BCUT2D eigenvalue weighted by molar-refractivity contribution is 0.153. The number of hydrogen-bond donors (Lipinski definition) is 2. The SMILES string of the molecule is Cc1cc([C@H](O)[C@@H](C)N)cc(C)c1F. The monoisotopic (exact) mass is 197 g/mol. The second-order valence-electron chi connectivity index (χ2n) is 3.77. The van der Waals surface area contributed by atoms with Gasteiger partial charge in [-0.25, -0.2) is 4.39 Å². The zero-order valence-corrected chi connectivity index (χ0v) is 8.71. The van der Waals surface area contributed by atoms with E-state index in [1.165, 1.54) is 0 Å². The molecule has 3 heteroatoms. The maximum absolute atomic E-state index is 13.3. The van der Waals surface area contributed by atoms with E-state index < -0.39 is 6.10 Å². The molecule has 1 aromatic rings. The Labute approximate surface area is 83.6 Å². The summed E-state index contributed by atoms with van der Waals surface area (Å²) in [5.41, 5.74) is 7.32. The molecule has 78 valence electrons. The third-order valence-corrected chi connectivity index (χ3v) is 2.30. The average molecular weight is 197 g/mol. The van der Waals surface area contributed by atoms with Crippen LogP contribution in [0.25, 0.3) is 0 Å². The van der Waals surface area contributed by atoms with Crippen molar-refractivity contribution in [2.75, 3.05) is 0 Å². The largest absolute Gasteiger partial charge is 0.387 e. The molecule has 0 aromatic heterocycles. The van der Waals surface area contributed by atoms with Gasteiger partial charge in [0.05, 0.1) is 6.10 Å². The molecule has 1 rings (SSSR count). The second-order valence-corrected chi connectivity index (χ2v) is 3.77. The van der Waals surface area contributed by atoms with Crippen LogP contribution in [0.3, 0.4) is 0 Å². The summed E-state index contributed by atoms with van der Waals surface area (Å²) in [5.74, 6) is -0.217. The highest BCUT2D eigenvalue weighted by Crippen LogP contribution is 2.21. The van der Waals surface area contributed by atoms with Crippen LogP contribution in [0.15, 0.2) is 12.1 Å². The van der Waals surface area contributed by atoms with Gasteiger partial charge in [0, 0.05) is 6.04 Å². The first-order valence-electron chi connectivity index (χ1n) is 4.63. The van der Waals surface area contributed by atoms with Crippen molar-refractivity contribution < 1.29 is 9.50 Å². The van der Waals surface area contributed by atoms with E-state index in [4.69, 9.17) is 5.73 Å². The quantitative estimate of drug-likeness (QED) is 0.759. The number of hydrogen-bond acceptors (Lipinski definition) is 2. The Hall–Kier alpha value is -0.930. The number of aliphatic hydroxyl groups excluding tert-OH is 1. The van der Waals surface area contributed by atoms with Crippen LogP contribution in [-0.4, -0.2) is 11.1 Å². The van der Waals surface area contributed by atoms with Gasteiger partial charge in [-0.05, 0) is 37.5 Å². The van der Waals surface area contributed by atoms with Gasteiger partial charge in [0.15, 0.2) is 0 Å². The van der Waals surface area contributed by atoms with Crippen LogP contribution in [0.5, 0.6) is 0 Å². The van der Waals surface area contributed by atoms with Crippen molar-refractivity contribution in [3.8, 4) is 0 Å². The molecule has 3 N–H and O–H groups in total. The fourth-order valence-electron chi connectivity index (χ4n) is 1.45. The number of rotatable bonds is 2. The van der Waals surface area contributed by atoms with Gasteiger partial charge in [0.2, 0.25) is 0 Å². The van der Waals surface area contributed by atoms with E-state index in [0.29, 0.717) is 16.7 Å². The molecule has 0 saturated carbocycles. The summed E-state index contributed by atoms with van der Waals surface area (Å²) in [6.45, 7) is 5.08. The van der Waals surface area contributed by atoms with Crippen LogP contribution in [0, 0.1) is 19.7 Å². The summed E-state index contributed by atoms with van der Waals surface area (Å²) in [6.07, 6.45) is -0.729. The van der Waals surface area contributed by atoms with Crippen molar-refractivity contribution in [1.82, 2.24) is 0 Å². The predicted octanol–water partition coefficient (Wildman–Crippen LogP) is 1.82. The van der Waals surface area contributed by atoms with Crippen LogP contribution in [0.4, 0.5) is 4.39 Å². The maximum Gasteiger partial charge on any atom is 0.129 e. The van der Waals surface area contributed by atoms with E-state index in [9.17, 15) is 9.50 Å².